The summed E-state index contributed by atoms with van der Waals surface area (Å²) in [5.41, 5.74) is 1.46. The maximum Gasteiger partial charge on any atom is 0.319 e. The van der Waals surface area contributed by atoms with Crippen molar-refractivity contribution in [3.05, 3.63) is 59.1 Å². The van der Waals surface area contributed by atoms with Gasteiger partial charge < -0.3 is 25.0 Å². The number of benzene rings is 2. The van der Waals surface area contributed by atoms with Crippen LogP contribution in [0.1, 0.15) is 31.7 Å². The normalized spacial score (nSPS) is 15.8. The van der Waals surface area contributed by atoms with Gasteiger partial charge in [-0.05, 0) is 62.1 Å². The van der Waals surface area contributed by atoms with E-state index < -0.39 is 0 Å². The van der Waals surface area contributed by atoms with Crippen molar-refractivity contribution in [2.24, 2.45) is 0 Å². The van der Waals surface area contributed by atoms with Gasteiger partial charge in [0.25, 0.3) is 0 Å². The molecule has 0 radical (unpaired) electrons. The molecular formula is C25H30ClN3O4. The van der Waals surface area contributed by atoms with Crippen LogP contribution in [0.3, 0.4) is 0 Å². The highest BCUT2D eigenvalue weighted by molar-refractivity contribution is 6.32. The van der Waals surface area contributed by atoms with Crippen molar-refractivity contribution in [1.29, 1.82) is 0 Å². The zero-order valence-electron chi connectivity index (χ0n) is 19.0. The first-order valence-electron chi connectivity index (χ1n) is 11.1. The molecule has 176 valence electrons. The van der Waals surface area contributed by atoms with Crippen molar-refractivity contribution in [2.75, 3.05) is 32.1 Å². The zero-order valence-corrected chi connectivity index (χ0v) is 19.7. The molecule has 1 fully saturated rings. The van der Waals surface area contributed by atoms with Crippen LogP contribution in [-0.2, 0) is 4.79 Å². The Morgan fingerprint density at radius 2 is 2.00 bits per heavy atom. The standard InChI is InChI=1S/C25H30ClN3O4/c1-3-33-24-21(26)15-18(16-22(24)32-2)12-13-23(30)29-14-8-7-11-20(29)17-27-25(31)28-19-9-5-4-6-10-19/h4-6,9-10,12-13,15-16,20H,3,7-8,11,14,17H2,1-2H3,(H2,27,28,31)/b13-12-/t20-/m0/s1. The lowest BCUT2D eigenvalue weighted by molar-refractivity contribution is -0.129. The maximum atomic E-state index is 12.9. The Balaban J connectivity index is 1.62. The molecule has 1 aliphatic heterocycles. The van der Waals surface area contributed by atoms with Crippen LogP contribution >= 0.6 is 11.6 Å². The SMILES string of the molecule is CCOc1c(Cl)cc(/C=C\C(=O)N2CCCC[C@H]2CNC(=O)Nc2ccccc2)cc1OC. The number of hydrogen-bond donors (Lipinski definition) is 2. The first kappa shape index (κ1) is 24.5. The molecule has 1 saturated heterocycles. The molecule has 0 aliphatic carbocycles. The van der Waals surface area contributed by atoms with E-state index in [9.17, 15) is 9.59 Å². The van der Waals surface area contributed by atoms with Crippen LogP contribution in [-0.4, -0.2) is 49.7 Å². The van der Waals surface area contributed by atoms with Crippen molar-refractivity contribution in [1.82, 2.24) is 10.2 Å². The van der Waals surface area contributed by atoms with E-state index in [-0.39, 0.29) is 18.0 Å². The number of halogens is 1. The zero-order chi connectivity index (χ0) is 23.6. The molecule has 8 heteroatoms. The van der Waals surface area contributed by atoms with E-state index in [2.05, 4.69) is 10.6 Å². The summed E-state index contributed by atoms with van der Waals surface area (Å²) in [5.74, 6) is 0.899. The maximum absolute atomic E-state index is 12.9. The number of amides is 3. The van der Waals surface area contributed by atoms with E-state index in [1.165, 1.54) is 6.08 Å². The van der Waals surface area contributed by atoms with Gasteiger partial charge in [0.15, 0.2) is 11.5 Å². The minimum atomic E-state index is -0.286. The predicted molar refractivity (Wildman–Crippen MR) is 131 cm³/mol. The molecule has 0 aromatic heterocycles. The summed E-state index contributed by atoms with van der Waals surface area (Å²) < 4.78 is 10.9. The van der Waals surface area contributed by atoms with Crippen molar-refractivity contribution < 1.29 is 19.1 Å². The summed E-state index contributed by atoms with van der Waals surface area (Å²) in [4.78, 5) is 27.0. The Morgan fingerprint density at radius 3 is 2.73 bits per heavy atom. The smallest absolute Gasteiger partial charge is 0.319 e. The number of anilines is 1. The Hall–Kier alpha value is -3.19. The third kappa shape index (κ3) is 6.89. The van der Waals surface area contributed by atoms with Gasteiger partial charge in [-0.2, -0.15) is 0 Å². The molecule has 2 N–H and O–H groups in total. The molecule has 0 saturated carbocycles. The van der Waals surface area contributed by atoms with Crippen LogP contribution in [0, 0.1) is 0 Å². The highest BCUT2D eigenvalue weighted by Gasteiger charge is 2.25. The first-order chi connectivity index (χ1) is 16.0. The third-order valence-corrected chi connectivity index (χ3v) is 5.68. The van der Waals surface area contributed by atoms with Crippen LogP contribution in [0.15, 0.2) is 48.5 Å². The van der Waals surface area contributed by atoms with Gasteiger partial charge in [0.1, 0.15) is 0 Å². The molecule has 0 bridgehead atoms. The molecule has 3 amide bonds. The molecule has 7 nitrogen and oxygen atoms in total. The molecule has 2 aromatic rings. The number of nitrogens with zero attached hydrogens (tertiary/aromatic N) is 1. The van der Waals surface area contributed by atoms with Crippen LogP contribution in [0.2, 0.25) is 5.02 Å². The number of carbonyl (C=O) groups excluding carboxylic acids is 2. The third-order valence-electron chi connectivity index (χ3n) is 5.40. The fourth-order valence-corrected chi connectivity index (χ4v) is 4.07. The van der Waals surface area contributed by atoms with Gasteiger partial charge in [-0.25, -0.2) is 4.79 Å². The van der Waals surface area contributed by atoms with Crippen LogP contribution in [0.5, 0.6) is 11.5 Å². The van der Waals surface area contributed by atoms with Gasteiger partial charge in [0.2, 0.25) is 5.91 Å². The Labute approximate surface area is 199 Å². The largest absolute Gasteiger partial charge is 0.493 e. The quantitative estimate of drug-likeness (QED) is 0.533. The molecular weight excluding hydrogens is 442 g/mol. The number of rotatable bonds is 8. The van der Waals surface area contributed by atoms with E-state index in [1.54, 1.807) is 25.3 Å². The molecule has 0 spiro atoms. The van der Waals surface area contributed by atoms with E-state index in [4.69, 9.17) is 21.1 Å². The summed E-state index contributed by atoms with van der Waals surface area (Å²) in [6.07, 6.45) is 6.05. The molecule has 33 heavy (non-hydrogen) atoms. The molecule has 1 atom stereocenters. The van der Waals surface area contributed by atoms with Crippen LogP contribution < -0.4 is 20.1 Å². The first-order valence-corrected chi connectivity index (χ1v) is 11.5. The van der Waals surface area contributed by atoms with Gasteiger partial charge in [-0.3, -0.25) is 4.79 Å². The summed E-state index contributed by atoms with van der Waals surface area (Å²) in [6.45, 7) is 3.39. The molecule has 2 aromatic carbocycles. The van der Waals surface area contributed by atoms with Gasteiger partial charge in [0.05, 0.1) is 18.7 Å². The van der Waals surface area contributed by atoms with Crippen LogP contribution in [0.25, 0.3) is 6.08 Å². The fourth-order valence-electron chi connectivity index (χ4n) is 3.79. The van der Waals surface area contributed by atoms with Crippen molar-refractivity contribution >= 4 is 35.3 Å². The van der Waals surface area contributed by atoms with Crippen LogP contribution in [0.4, 0.5) is 10.5 Å². The van der Waals surface area contributed by atoms with Crippen molar-refractivity contribution in [3.63, 3.8) is 0 Å². The Bertz CT molecular complexity index is 981. The number of piperidine rings is 1. The lowest BCUT2D eigenvalue weighted by Crippen LogP contribution is -2.49. The highest BCUT2D eigenvalue weighted by atomic mass is 35.5. The second kappa shape index (κ2) is 12.2. The topological polar surface area (TPSA) is 79.9 Å². The average molecular weight is 472 g/mol. The Kier molecular flexibility index (Phi) is 9.01. The number of carbonyl (C=O) groups is 2. The molecule has 0 unspecified atom stereocenters. The second-order valence-electron chi connectivity index (χ2n) is 7.68. The lowest BCUT2D eigenvalue weighted by atomic mass is 10.0. The summed E-state index contributed by atoms with van der Waals surface area (Å²) >= 11 is 6.33. The summed E-state index contributed by atoms with van der Waals surface area (Å²) in [6, 6.07) is 12.4. The lowest BCUT2D eigenvalue weighted by Gasteiger charge is -2.35. The second-order valence-corrected chi connectivity index (χ2v) is 8.09. The van der Waals surface area contributed by atoms with E-state index >= 15 is 0 Å². The number of urea groups is 1. The number of nitrogens with one attached hydrogen (secondary N) is 2. The Morgan fingerprint density at radius 1 is 1.21 bits per heavy atom. The average Bonchev–Trinajstić information content (AvgIpc) is 2.83. The summed E-state index contributed by atoms with van der Waals surface area (Å²) in [7, 11) is 1.55. The number of ether oxygens (including phenoxy) is 2. The number of likely N-dealkylation sites (tertiary alicyclic amines) is 1. The van der Waals surface area contributed by atoms with E-state index in [0.717, 1.165) is 30.5 Å². The van der Waals surface area contributed by atoms with E-state index in [0.29, 0.717) is 36.2 Å². The van der Waals surface area contributed by atoms with Crippen molar-refractivity contribution in [3.8, 4) is 11.5 Å². The van der Waals surface area contributed by atoms with Gasteiger partial charge in [0, 0.05) is 30.9 Å². The molecule has 1 aliphatic rings. The van der Waals surface area contributed by atoms with E-state index in [1.807, 2.05) is 42.2 Å². The van der Waals surface area contributed by atoms with Gasteiger partial charge in [-0.15, -0.1) is 0 Å². The minimum absolute atomic E-state index is 0.0594. The number of para-hydroxylation sites is 1. The minimum Gasteiger partial charge on any atom is -0.493 e. The monoisotopic (exact) mass is 471 g/mol. The molecule has 1 heterocycles. The van der Waals surface area contributed by atoms with Gasteiger partial charge in [-0.1, -0.05) is 29.8 Å². The van der Waals surface area contributed by atoms with Crippen molar-refractivity contribution in [2.45, 2.75) is 32.2 Å². The fraction of sp³-hybridized carbons (Fsp3) is 0.360. The number of hydrogen-bond acceptors (Lipinski definition) is 4. The number of methoxy groups -OCH3 is 1. The van der Waals surface area contributed by atoms with Gasteiger partial charge >= 0.3 is 6.03 Å². The summed E-state index contributed by atoms with van der Waals surface area (Å²) in [5, 5.41) is 6.11. The highest BCUT2D eigenvalue weighted by Crippen LogP contribution is 2.36. The predicted octanol–water partition coefficient (Wildman–Crippen LogP) is 4.96. The molecule has 3 rings (SSSR count).